The van der Waals surface area contributed by atoms with Gasteiger partial charge in [-0.1, -0.05) is 194 Å². The van der Waals surface area contributed by atoms with E-state index in [0.717, 1.165) is 50.1 Å². The number of furan rings is 1. The van der Waals surface area contributed by atoms with Crippen LogP contribution in [0.15, 0.2) is 253 Å². The molecule has 2 nitrogen and oxygen atoms in total. The van der Waals surface area contributed by atoms with E-state index >= 15 is 0 Å². The van der Waals surface area contributed by atoms with Crippen molar-refractivity contribution in [3.8, 4) is 44.5 Å². The molecule has 0 amide bonds. The number of hydrogen-bond acceptors (Lipinski definition) is 2. The summed E-state index contributed by atoms with van der Waals surface area (Å²) in [7, 11) is 0. The predicted octanol–water partition coefficient (Wildman–Crippen LogP) is 16.4. The van der Waals surface area contributed by atoms with Gasteiger partial charge in [0.2, 0.25) is 0 Å². The van der Waals surface area contributed by atoms with Crippen molar-refractivity contribution < 1.29 is 4.42 Å². The summed E-state index contributed by atoms with van der Waals surface area (Å²) in [5.41, 5.74) is 19.4. The highest BCUT2D eigenvalue weighted by Gasteiger charge is 2.46. The van der Waals surface area contributed by atoms with E-state index in [1.54, 1.807) is 0 Å². The van der Waals surface area contributed by atoms with Crippen molar-refractivity contribution in [2.24, 2.45) is 0 Å². The minimum atomic E-state index is -0.417. The molecule has 10 aromatic carbocycles. The third kappa shape index (κ3) is 6.02. The molecule has 0 saturated carbocycles. The van der Waals surface area contributed by atoms with E-state index < -0.39 is 5.41 Å². The molecule has 0 bridgehead atoms. The first-order valence-electron chi connectivity index (χ1n) is 21.7. The molecule has 11 aromatic rings. The molecule has 1 heterocycles. The zero-order valence-electron chi connectivity index (χ0n) is 34.5. The second-order valence-electron chi connectivity index (χ2n) is 16.4. The van der Waals surface area contributed by atoms with Crippen LogP contribution in [0.3, 0.4) is 0 Å². The average Bonchev–Trinajstić information content (AvgIpc) is 3.89. The lowest BCUT2D eigenvalue weighted by Crippen LogP contribution is -2.28. The largest absolute Gasteiger partial charge is 0.456 e. The van der Waals surface area contributed by atoms with Gasteiger partial charge in [0.15, 0.2) is 0 Å². The Bertz CT molecular complexity index is 3380. The fraction of sp³-hybridized carbons (Fsp3) is 0.0164. The van der Waals surface area contributed by atoms with Crippen molar-refractivity contribution in [3.63, 3.8) is 0 Å². The van der Waals surface area contributed by atoms with Crippen LogP contribution in [0.4, 0.5) is 17.1 Å². The summed E-state index contributed by atoms with van der Waals surface area (Å²) in [5, 5.41) is 2.26. The van der Waals surface area contributed by atoms with E-state index in [1.807, 2.05) is 12.1 Å². The number of benzene rings is 10. The molecule has 0 spiro atoms. The molecule has 0 atom stereocenters. The lowest BCUT2D eigenvalue weighted by atomic mass is 9.67. The Morgan fingerprint density at radius 1 is 0.302 bits per heavy atom. The summed E-state index contributed by atoms with van der Waals surface area (Å²) < 4.78 is 6.14. The molecular weight excluding hydrogens is 763 g/mol. The zero-order chi connectivity index (χ0) is 41.7. The van der Waals surface area contributed by atoms with Crippen LogP contribution in [0, 0.1) is 0 Å². The summed E-state index contributed by atoms with van der Waals surface area (Å²) in [6.07, 6.45) is 0. The summed E-state index contributed by atoms with van der Waals surface area (Å²) in [6, 6.07) is 90.2. The Morgan fingerprint density at radius 2 is 0.794 bits per heavy atom. The van der Waals surface area contributed by atoms with Gasteiger partial charge in [0.25, 0.3) is 0 Å². The van der Waals surface area contributed by atoms with E-state index in [0.29, 0.717) is 0 Å². The molecule has 0 fully saturated rings. The van der Waals surface area contributed by atoms with Gasteiger partial charge in [0.1, 0.15) is 11.2 Å². The molecule has 0 radical (unpaired) electrons. The summed E-state index contributed by atoms with van der Waals surface area (Å²) in [4.78, 5) is 2.38. The van der Waals surface area contributed by atoms with Crippen LogP contribution in [-0.2, 0) is 5.41 Å². The molecule has 1 aliphatic carbocycles. The van der Waals surface area contributed by atoms with E-state index in [1.165, 1.54) is 55.6 Å². The molecule has 2 heteroatoms. The highest BCUT2D eigenvalue weighted by molar-refractivity contribution is 6.06. The van der Waals surface area contributed by atoms with Crippen molar-refractivity contribution >= 4 is 39.0 Å². The van der Waals surface area contributed by atoms with Crippen LogP contribution in [-0.4, -0.2) is 0 Å². The van der Waals surface area contributed by atoms with Crippen LogP contribution in [0.5, 0.6) is 0 Å². The van der Waals surface area contributed by atoms with E-state index in [-0.39, 0.29) is 0 Å². The maximum absolute atomic E-state index is 6.14. The number of fused-ring (bicyclic) bond motifs is 6. The monoisotopic (exact) mass is 803 g/mol. The quantitative estimate of drug-likeness (QED) is 0.152. The van der Waals surface area contributed by atoms with Crippen molar-refractivity contribution in [2.45, 2.75) is 5.41 Å². The average molecular weight is 804 g/mol. The zero-order valence-corrected chi connectivity index (χ0v) is 34.5. The van der Waals surface area contributed by atoms with Gasteiger partial charge in [-0.25, -0.2) is 0 Å². The van der Waals surface area contributed by atoms with Gasteiger partial charge in [0.05, 0.1) is 11.1 Å². The van der Waals surface area contributed by atoms with Crippen molar-refractivity contribution in [3.05, 3.63) is 271 Å². The van der Waals surface area contributed by atoms with Gasteiger partial charge in [-0.2, -0.15) is 0 Å². The first kappa shape index (κ1) is 36.6. The molecule has 0 N–H and O–H groups in total. The second-order valence-corrected chi connectivity index (χ2v) is 16.4. The summed E-state index contributed by atoms with van der Waals surface area (Å²) >= 11 is 0. The number of rotatable bonds is 8. The van der Waals surface area contributed by atoms with Gasteiger partial charge >= 0.3 is 0 Å². The fourth-order valence-electron chi connectivity index (χ4n) is 10.1. The molecule has 296 valence electrons. The normalized spacial score (nSPS) is 12.6. The molecule has 1 aromatic heterocycles. The number of para-hydroxylation sites is 2. The highest BCUT2D eigenvalue weighted by Crippen LogP contribution is 2.56. The highest BCUT2D eigenvalue weighted by atomic mass is 16.3. The third-order valence-corrected chi connectivity index (χ3v) is 13.0. The van der Waals surface area contributed by atoms with Gasteiger partial charge < -0.3 is 9.32 Å². The minimum Gasteiger partial charge on any atom is -0.456 e. The molecule has 12 rings (SSSR count). The number of anilines is 3. The topological polar surface area (TPSA) is 16.4 Å². The smallest absolute Gasteiger partial charge is 0.135 e. The third-order valence-electron chi connectivity index (χ3n) is 13.0. The van der Waals surface area contributed by atoms with Gasteiger partial charge in [-0.15, -0.1) is 0 Å². The van der Waals surface area contributed by atoms with Gasteiger partial charge in [-0.3, -0.25) is 0 Å². The first-order chi connectivity index (χ1) is 31.2. The van der Waals surface area contributed by atoms with Crippen LogP contribution >= 0.6 is 0 Å². The first-order valence-corrected chi connectivity index (χ1v) is 21.7. The Hall–Kier alpha value is -8.20. The Kier molecular flexibility index (Phi) is 8.76. The van der Waals surface area contributed by atoms with Crippen LogP contribution < -0.4 is 4.90 Å². The number of hydrogen-bond donors (Lipinski definition) is 0. The van der Waals surface area contributed by atoms with E-state index in [9.17, 15) is 0 Å². The summed E-state index contributed by atoms with van der Waals surface area (Å²) in [6.45, 7) is 0. The van der Waals surface area contributed by atoms with E-state index in [4.69, 9.17) is 4.42 Å². The second kappa shape index (κ2) is 15.1. The predicted molar refractivity (Wildman–Crippen MR) is 262 cm³/mol. The molecule has 0 saturated heterocycles. The lowest BCUT2D eigenvalue weighted by Gasteiger charge is -2.33. The Balaban J connectivity index is 0.954. The van der Waals surface area contributed by atoms with Gasteiger partial charge in [-0.05, 0) is 116 Å². The molecular formula is C61H41NO. The standard InChI is InChI=1S/C61H41NO/c1-4-16-44(17-5-1)51-22-11-14-26-58(51)62(50-36-30-43(31-37-50)46-33-39-60-55(41-46)53-24-12-15-27-59(53)63-60)49-34-28-42(29-35-49)45-32-38-57-54(40-45)52-23-10-13-25-56(52)61(57,47-18-6-2-7-19-47)48-20-8-3-9-21-48/h1-41H. The Labute approximate surface area is 367 Å². The minimum absolute atomic E-state index is 0.417. The SMILES string of the molecule is c1ccc(-c2ccccc2N(c2ccc(-c3ccc4c(c3)-c3ccccc3C4(c3ccccc3)c3ccccc3)cc2)c2ccc(-c3ccc4oc5ccccc5c4c3)cc2)cc1. The van der Waals surface area contributed by atoms with Crippen molar-refractivity contribution in [1.82, 2.24) is 0 Å². The maximum atomic E-state index is 6.14. The van der Waals surface area contributed by atoms with Crippen molar-refractivity contribution in [1.29, 1.82) is 0 Å². The molecule has 1 aliphatic rings. The molecule has 63 heavy (non-hydrogen) atoms. The molecule has 0 aliphatic heterocycles. The van der Waals surface area contributed by atoms with E-state index in [2.05, 4.69) is 241 Å². The lowest BCUT2D eigenvalue weighted by molar-refractivity contribution is 0.669. The van der Waals surface area contributed by atoms with Crippen molar-refractivity contribution in [2.75, 3.05) is 4.90 Å². The fourth-order valence-corrected chi connectivity index (χ4v) is 10.1. The van der Waals surface area contributed by atoms with Crippen LogP contribution in [0.1, 0.15) is 22.3 Å². The van der Waals surface area contributed by atoms with Crippen LogP contribution in [0.2, 0.25) is 0 Å². The Morgan fingerprint density at radius 3 is 1.48 bits per heavy atom. The maximum Gasteiger partial charge on any atom is 0.135 e. The summed E-state index contributed by atoms with van der Waals surface area (Å²) in [5.74, 6) is 0. The van der Waals surface area contributed by atoms with Crippen LogP contribution in [0.25, 0.3) is 66.4 Å². The van der Waals surface area contributed by atoms with Gasteiger partial charge in [0, 0.05) is 27.7 Å². The molecule has 0 unspecified atom stereocenters. The number of nitrogens with zero attached hydrogens (tertiary/aromatic N) is 1.